The average Bonchev–Trinajstić information content (AvgIpc) is 2.00. The third-order valence-electron chi connectivity index (χ3n) is 1.94. The summed E-state index contributed by atoms with van der Waals surface area (Å²) < 4.78 is 0. The molecule has 0 aliphatic heterocycles. The molecule has 58 valence electrons. The Balaban J connectivity index is 3.92. The van der Waals surface area contributed by atoms with Gasteiger partial charge < -0.3 is 5.11 Å². The van der Waals surface area contributed by atoms with Crippen molar-refractivity contribution in [3.63, 3.8) is 0 Å². The smallest absolute Gasteiger partial charge is 0.0682 e. The van der Waals surface area contributed by atoms with Crippen molar-refractivity contribution < 1.29 is 5.11 Å². The lowest BCUT2D eigenvalue weighted by molar-refractivity contribution is 0.0354. The molecule has 0 amide bonds. The van der Waals surface area contributed by atoms with Crippen LogP contribution >= 0.6 is 0 Å². The van der Waals surface area contributed by atoms with E-state index in [1.807, 2.05) is 13.8 Å². The van der Waals surface area contributed by atoms with Gasteiger partial charge in [-0.3, -0.25) is 0 Å². The zero-order chi connectivity index (χ0) is 8.04. The fourth-order valence-electron chi connectivity index (χ4n) is 0.801. The van der Waals surface area contributed by atoms with Gasteiger partial charge in [0, 0.05) is 6.42 Å². The Bertz CT molecular complexity index is 128. The van der Waals surface area contributed by atoms with E-state index in [2.05, 4.69) is 12.3 Å². The largest absolute Gasteiger partial charge is 0.390 e. The first-order valence-corrected chi connectivity index (χ1v) is 3.75. The minimum atomic E-state index is -0.523. The second-order valence-electron chi connectivity index (χ2n) is 2.54. The van der Waals surface area contributed by atoms with E-state index >= 15 is 0 Å². The fourth-order valence-corrected chi connectivity index (χ4v) is 0.801. The summed E-state index contributed by atoms with van der Waals surface area (Å²) in [5.74, 6) is 0. The second kappa shape index (κ2) is 4.32. The highest BCUT2D eigenvalue weighted by atomic mass is 16.3. The van der Waals surface area contributed by atoms with Crippen LogP contribution in [-0.4, -0.2) is 10.7 Å². The van der Waals surface area contributed by atoms with Gasteiger partial charge in [0.05, 0.1) is 5.60 Å². The van der Waals surface area contributed by atoms with E-state index in [0.29, 0.717) is 6.42 Å². The van der Waals surface area contributed by atoms with E-state index in [4.69, 9.17) is 0 Å². The van der Waals surface area contributed by atoms with Gasteiger partial charge in [0.15, 0.2) is 0 Å². The highest BCUT2D eigenvalue weighted by Crippen LogP contribution is 2.18. The highest BCUT2D eigenvalue weighted by molar-refractivity contribution is 4.87. The average molecular weight is 140 g/mol. The lowest BCUT2D eigenvalue weighted by Crippen LogP contribution is -2.25. The summed E-state index contributed by atoms with van der Waals surface area (Å²) in [4.78, 5) is 0. The van der Waals surface area contributed by atoms with Gasteiger partial charge in [-0.05, 0) is 18.9 Å². The Morgan fingerprint density at radius 3 is 2.30 bits per heavy atom. The number of hydrogen-bond donors (Lipinski definition) is 1. The van der Waals surface area contributed by atoms with Gasteiger partial charge in [-0.2, -0.15) is 0 Å². The summed E-state index contributed by atoms with van der Waals surface area (Å²) in [7, 11) is 0. The van der Waals surface area contributed by atoms with Crippen LogP contribution in [0.4, 0.5) is 0 Å². The van der Waals surface area contributed by atoms with Crippen molar-refractivity contribution >= 4 is 0 Å². The quantitative estimate of drug-likeness (QED) is 0.594. The van der Waals surface area contributed by atoms with E-state index in [0.717, 1.165) is 12.8 Å². The Morgan fingerprint density at radius 1 is 1.50 bits per heavy atom. The third-order valence-corrected chi connectivity index (χ3v) is 1.94. The maximum absolute atomic E-state index is 9.66. The minimum Gasteiger partial charge on any atom is -0.390 e. The van der Waals surface area contributed by atoms with Crippen LogP contribution in [0.1, 0.15) is 33.1 Å². The van der Waals surface area contributed by atoms with Crippen LogP contribution in [0.2, 0.25) is 0 Å². The predicted molar refractivity (Wildman–Crippen MR) is 43.9 cm³/mol. The molecule has 10 heavy (non-hydrogen) atoms. The van der Waals surface area contributed by atoms with Crippen molar-refractivity contribution in [3.05, 3.63) is 18.4 Å². The molecule has 1 N–H and O–H groups in total. The van der Waals surface area contributed by atoms with Gasteiger partial charge in [-0.15, -0.1) is 5.73 Å². The van der Waals surface area contributed by atoms with Crippen molar-refractivity contribution in [1.29, 1.82) is 0 Å². The Hall–Kier alpha value is -0.520. The number of rotatable bonds is 4. The highest BCUT2D eigenvalue weighted by Gasteiger charge is 2.19. The van der Waals surface area contributed by atoms with Crippen molar-refractivity contribution in [2.24, 2.45) is 0 Å². The van der Waals surface area contributed by atoms with Crippen LogP contribution < -0.4 is 0 Å². The molecule has 1 nitrogen and oxygen atoms in total. The lowest BCUT2D eigenvalue weighted by atomic mass is 9.94. The van der Waals surface area contributed by atoms with Crippen molar-refractivity contribution in [2.75, 3.05) is 0 Å². The SMILES string of the molecule is C=C=CCC(O)(CC)CC. The van der Waals surface area contributed by atoms with Crippen LogP contribution in [0.3, 0.4) is 0 Å². The lowest BCUT2D eigenvalue weighted by Gasteiger charge is -2.22. The monoisotopic (exact) mass is 140 g/mol. The molecular formula is C9H16O. The predicted octanol–water partition coefficient (Wildman–Crippen LogP) is 2.27. The molecule has 0 saturated heterocycles. The summed E-state index contributed by atoms with van der Waals surface area (Å²) >= 11 is 0. The van der Waals surface area contributed by atoms with E-state index < -0.39 is 5.60 Å². The molecule has 0 radical (unpaired) electrons. The van der Waals surface area contributed by atoms with Gasteiger partial charge in [0.2, 0.25) is 0 Å². The van der Waals surface area contributed by atoms with Gasteiger partial charge in [0.25, 0.3) is 0 Å². The van der Waals surface area contributed by atoms with Crippen molar-refractivity contribution in [2.45, 2.75) is 38.7 Å². The van der Waals surface area contributed by atoms with E-state index in [1.165, 1.54) is 0 Å². The van der Waals surface area contributed by atoms with Crippen LogP contribution in [0.25, 0.3) is 0 Å². The third kappa shape index (κ3) is 2.86. The molecule has 0 aliphatic carbocycles. The molecule has 0 aromatic heterocycles. The summed E-state index contributed by atoms with van der Waals surface area (Å²) in [6, 6.07) is 0. The van der Waals surface area contributed by atoms with Gasteiger partial charge in [-0.25, -0.2) is 0 Å². The molecule has 0 atom stereocenters. The van der Waals surface area contributed by atoms with E-state index in [9.17, 15) is 5.11 Å². The number of hydrogen-bond acceptors (Lipinski definition) is 1. The Labute approximate surface area is 63.1 Å². The standard InChI is InChI=1S/C9H16O/c1-4-7-8-9(10,5-2)6-3/h7,10H,1,5-6,8H2,2-3H3. The summed E-state index contributed by atoms with van der Waals surface area (Å²) in [6.07, 6.45) is 4.04. The van der Waals surface area contributed by atoms with Crippen molar-refractivity contribution in [1.82, 2.24) is 0 Å². The Kier molecular flexibility index (Phi) is 4.10. The molecule has 0 aromatic carbocycles. The molecule has 0 spiro atoms. The summed E-state index contributed by atoms with van der Waals surface area (Å²) in [5.41, 5.74) is 2.13. The van der Waals surface area contributed by atoms with Gasteiger partial charge in [-0.1, -0.05) is 20.4 Å². The van der Waals surface area contributed by atoms with Crippen LogP contribution in [-0.2, 0) is 0 Å². The Morgan fingerprint density at radius 2 is 2.00 bits per heavy atom. The molecule has 0 aromatic rings. The number of aliphatic hydroxyl groups is 1. The van der Waals surface area contributed by atoms with Crippen LogP contribution in [0, 0.1) is 0 Å². The molecule has 0 bridgehead atoms. The van der Waals surface area contributed by atoms with E-state index in [-0.39, 0.29) is 0 Å². The maximum Gasteiger partial charge on any atom is 0.0682 e. The first-order chi connectivity index (χ1) is 4.68. The normalized spacial score (nSPS) is 10.7. The fraction of sp³-hybridized carbons (Fsp3) is 0.667. The molecule has 0 aliphatic rings. The molecule has 0 fully saturated rings. The molecular weight excluding hydrogens is 124 g/mol. The molecule has 0 rings (SSSR count). The first-order valence-electron chi connectivity index (χ1n) is 3.75. The zero-order valence-corrected chi connectivity index (χ0v) is 6.85. The topological polar surface area (TPSA) is 20.2 Å². The van der Waals surface area contributed by atoms with Crippen molar-refractivity contribution in [3.8, 4) is 0 Å². The molecule has 0 unspecified atom stereocenters. The molecule has 0 heterocycles. The minimum absolute atomic E-state index is 0.523. The summed E-state index contributed by atoms with van der Waals surface area (Å²) in [5, 5.41) is 9.66. The second-order valence-corrected chi connectivity index (χ2v) is 2.54. The van der Waals surface area contributed by atoms with Gasteiger partial charge in [0.1, 0.15) is 0 Å². The summed E-state index contributed by atoms with van der Waals surface area (Å²) in [6.45, 7) is 7.41. The van der Waals surface area contributed by atoms with Crippen LogP contribution in [0.5, 0.6) is 0 Å². The maximum atomic E-state index is 9.66. The van der Waals surface area contributed by atoms with Crippen LogP contribution in [0.15, 0.2) is 18.4 Å². The molecule has 1 heteroatoms. The zero-order valence-electron chi connectivity index (χ0n) is 6.85. The molecule has 0 saturated carbocycles. The van der Waals surface area contributed by atoms with E-state index in [1.54, 1.807) is 6.08 Å². The first kappa shape index (κ1) is 9.48. The van der Waals surface area contributed by atoms with Gasteiger partial charge >= 0.3 is 0 Å².